The van der Waals surface area contributed by atoms with Crippen LogP contribution in [0.4, 0.5) is 0 Å². The second kappa shape index (κ2) is 7.86. The van der Waals surface area contributed by atoms with E-state index in [0.29, 0.717) is 24.5 Å². The van der Waals surface area contributed by atoms with Gasteiger partial charge in [0.2, 0.25) is 0 Å². The molecule has 2 aromatic rings. The highest BCUT2D eigenvalue weighted by Crippen LogP contribution is 2.20. The number of aliphatic hydroxyl groups excluding tert-OH is 1. The Morgan fingerprint density at radius 3 is 2.92 bits per heavy atom. The average Bonchev–Trinajstić information content (AvgIpc) is 2.92. The van der Waals surface area contributed by atoms with Crippen LogP contribution in [0.5, 0.6) is 5.75 Å². The maximum Gasteiger partial charge on any atom is 0.260 e. The highest BCUT2D eigenvalue weighted by atomic mass is 16.5. The Morgan fingerprint density at radius 2 is 2.19 bits per heavy atom. The number of hydrogen-bond donors (Lipinski definition) is 1. The van der Waals surface area contributed by atoms with E-state index in [0.717, 1.165) is 36.5 Å². The van der Waals surface area contributed by atoms with Gasteiger partial charge in [0.25, 0.3) is 5.91 Å². The SMILES string of the molecule is CCc1nc(C)ccc1OCC(=O)N1CCCn2nc([C@@H](C)O)cc2C1. The molecule has 3 heterocycles. The summed E-state index contributed by atoms with van der Waals surface area (Å²) >= 11 is 0. The van der Waals surface area contributed by atoms with Gasteiger partial charge >= 0.3 is 0 Å². The monoisotopic (exact) mass is 358 g/mol. The minimum absolute atomic E-state index is 0.00482. The second-order valence-electron chi connectivity index (χ2n) is 6.67. The Hall–Kier alpha value is -2.41. The van der Waals surface area contributed by atoms with Crippen molar-refractivity contribution in [2.24, 2.45) is 0 Å². The van der Waals surface area contributed by atoms with E-state index < -0.39 is 6.10 Å². The third-order valence-electron chi connectivity index (χ3n) is 4.57. The van der Waals surface area contributed by atoms with Crippen LogP contribution in [0.2, 0.25) is 0 Å². The molecule has 0 spiro atoms. The minimum Gasteiger partial charge on any atom is -0.482 e. The third kappa shape index (κ3) is 4.04. The van der Waals surface area contributed by atoms with E-state index in [2.05, 4.69) is 10.1 Å². The Balaban J connectivity index is 1.66. The first kappa shape index (κ1) is 18.4. The lowest BCUT2D eigenvalue weighted by Gasteiger charge is -2.20. The van der Waals surface area contributed by atoms with Crippen molar-refractivity contribution in [3.63, 3.8) is 0 Å². The van der Waals surface area contributed by atoms with Gasteiger partial charge in [-0.3, -0.25) is 14.5 Å². The summed E-state index contributed by atoms with van der Waals surface area (Å²) in [5.41, 5.74) is 3.39. The molecular formula is C19H26N4O3. The van der Waals surface area contributed by atoms with Gasteiger partial charge in [0.1, 0.15) is 5.75 Å². The second-order valence-corrected chi connectivity index (χ2v) is 6.67. The summed E-state index contributed by atoms with van der Waals surface area (Å²) in [7, 11) is 0. The zero-order valence-corrected chi connectivity index (χ0v) is 15.6. The molecule has 1 N–H and O–H groups in total. The maximum atomic E-state index is 12.6. The molecule has 7 heteroatoms. The molecule has 7 nitrogen and oxygen atoms in total. The van der Waals surface area contributed by atoms with Crippen molar-refractivity contribution in [2.45, 2.75) is 52.8 Å². The van der Waals surface area contributed by atoms with E-state index in [4.69, 9.17) is 4.74 Å². The molecule has 26 heavy (non-hydrogen) atoms. The molecule has 0 aliphatic carbocycles. The van der Waals surface area contributed by atoms with Crippen molar-refractivity contribution in [2.75, 3.05) is 13.2 Å². The maximum absolute atomic E-state index is 12.6. The van der Waals surface area contributed by atoms with Gasteiger partial charge in [-0.1, -0.05) is 6.92 Å². The van der Waals surface area contributed by atoms with Gasteiger partial charge < -0.3 is 14.7 Å². The number of amides is 1. The summed E-state index contributed by atoms with van der Waals surface area (Å²) < 4.78 is 7.64. The lowest BCUT2D eigenvalue weighted by molar-refractivity contribution is -0.134. The Bertz CT molecular complexity index is 785. The topological polar surface area (TPSA) is 80.5 Å². The van der Waals surface area contributed by atoms with Crippen LogP contribution in [0.25, 0.3) is 0 Å². The summed E-state index contributed by atoms with van der Waals surface area (Å²) in [6.07, 6.45) is 0.978. The van der Waals surface area contributed by atoms with Gasteiger partial charge in [-0.15, -0.1) is 0 Å². The van der Waals surface area contributed by atoms with Gasteiger partial charge in [0, 0.05) is 18.8 Å². The number of rotatable bonds is 5. The molecule has 0 fully saturated rings. The molecule has 2 aromatic heterocycles. The molecule has 0 unspecified atom stereocenters. The van der Waals surface area contributed by atoms with Crippen LogP contribution in [-0.2, 0) is 24.3 Å². The molecule has 0 bridgehead atoms. The first-order valence-electron chi connectivity index (χ1n) is 9.09. The highest BCUT2D eigenvalue weighted by molar-refractivity contribution is 5.77. The van der Waals surface area contributed by atoms with E-state index in [-0.39, 0.29) is 12.5 Å². The average molecular weight is 358 g/mol. The molecule has 3 rings (SSSR count). The Morgan fingerprint density at radius 1 is 1.38 bits per heavy atom. The predicted octanol–water partition coefficient (Wildman–Crippen LogP) is 2.01. The summed E-state index contributed by atoms with van der Waals surface area (Å²) in [4.78, 5) is 18.9. The molecule has 1 amide bonds. The summed E-state index contributed by atoms with van der Waals surface area (Å²) in [5.74, 6) is 0.614. The predicted molar refractivity (Wildman–Crippen MR) is 96.7 cm³/mol. The standard InChI is InChI=1S/C19H26N4O3/c1-4-16-18(7-6-13(2)20-16)26-12-19(25)22-8-5-9-23-15(11-22)10-17(21-23)14(3)24/h6-7,10,14,24H,4-5,8-9,11-12H2,1-3H3/t14-/m1/s1. The largest absolute Gasteiger partial charge is 0.482 e. The summed E-state index contributed by atoms with van der Waals surface area (Å²) in [5, 5.41) is 14.1. The van der Waals surface area contributed by atoms with Crippen LogP contribution in [0.3, 0.4) is 0 Å². The summed E-state index contributed by atoms with van der Waals surface area (Å²) in [6, 6.07) is 5.64. The molecule has 0 saturated carbocycles. The van der Waals surface area contributed by atoms with Crippen molar-refractivity contribution in [3.8, 4) is 5.75 Å². The molecule has 140 valence electrons. The van der Waals surface area contributed by atoms with E-state index in [1.54, 1.807) is 11.8 Å². The molecule has 0 saturated heterocycles. The quantitative estimate of drug-likeness (QED) is 0.884. The number of fused-ring (bicyclic) bond motifs is 1. The van der Waals surface area contributed by atoms with Gasteiger partial charge in [0.15, 0.2) is 6.61 Å². The normalized spacial score (nSPS) is 15.3. The summed E-state index contributed by atoms with van der Waals surface area (Å²) in [6.45, 7) is 7.54. The van der Waals surface area contributed by atoms with E-state index in [9.17, 15) is 9.90 Å². The minimum atomic E-state index is -0.608. The zero-order valence-electron chi connectivity index (χ0n) is 15.6. The van der Waals surface area contributed by atoms with Crippen molar-refractivity contribution in [3.05, 3.63) is 41.0 Å². The van der Waals surface area contributed by atoms with E-state index >= 15 is 0 Å². The zero-order chi connectivity index (χ0) is 18.7. The van der Waals surface area contributed by atoms with E-state index in [1.165, 1.54) is 0 Å². The van der Waals surface area contributed by atoms with Crippen molar-refractivity contribution in [1.29, 1.82) is 0 Å². The molecule has 0 radical (unpaired) electrons. The molecule has 1 aliphatic heterocycles. The van der Waals surface area contributed by atoms with Crippen LogP contribution in [0.1, 0.15) is 49.1 Å². The number of aryl methyl sites for hydroxylation is 3. The van der Waals surface area contributed by atoms with Crippen LogP contribution in [0.15, 0.2) is 18.2 Å². The van der Waals surface area contributed by atoms with Gasteiger partial charge in [-0.05, 0) is 44.9 Å². The number of hydrogen-bond acceptors (Lipinski definition) is 5. The Labute approximate surface area is 153 Å². The van der Waals surface area contributed by atoms with Crippen molar-refractivity contribution >= 4 is 5.91 Å². The van der Waals surface area contributed by atoms with Crippen LogP contribution in [-0.4, -0.2) is 43.8 Å². The van der Waals surface area contributed by atoms with Gasteiger partial charge in [-0.25, -0.2) is 0 Å². The van der Waals surface area contributed by atoms with Crippen LogP contribution < -0.4 is 4.74 Å². The van der Waals surface area contributed by atoms with Gasteiger partial charge in [-0.2, -0.15) is 5.10 Å². The lowest BCUT2D eigenvalue weighted by atomic mass is 10.2. The first-order chi connectivity index (χ1) is 12.5. The number of aliphatic hydroxyl groups is 1. The number of carbonyl (C=O) groups is 1. The molecule has 1 atom stereocenters. The first-order valence-corrected chi connectivity index (χ1v) is 9.09. The number of pyridine rings is 1. The number of ether oxygens (including phenoxy) is 1. The van der Waals surface area contributed by atoms with Gasteiger partial charge in [0.05, 0.1) is 29.7 Å². The smallest absolute Gasteiger partial charge is 0.260 e. The van der Waals surface area contributed by atoms with Crippen molar-refractivity contribution < 1.29 is 14.6 Å². The lowest BCUT2D eigenvalue weighted by Crippen LogP contribution is -2.34. The fraction of sp³-hybridized carbons (Fsp3) is 0.526. The number of carbonyl (C=O) groups excluding carboxylic acids is 1. The van der Waals surface area contributed by atoms with Crippen LogP contribution >= 0.6 is 0 Å². The fourth-order valence-electron chi connectivity index (χ4n) is 3.11. The number of nitrogens with zero attached hydrogens (tertiary/aromatic N) is 4. The van der Waals surface area contributed by atoms with Crippen molar-refractivity contribution in [1.82, 2.24) is 19.7 Å². The number of aromatic nitrogens is 3. The molecule has 0 aromatic carbocycles. The third-order valence-corrected chi connectivity index (χ3v) is 4.57. The highest BCUT2D eigenvalue weighted by Gasteiger charge is 2.22. The molecule has 1 aliphatic rings. The van der Waals surface area contributed by atoms with E-state index in [1.807, 2.05) is 36.7 Å². The fourth-order valence-corrected chi connectivity index (χ4v) is 3.11. The van der Waals surface area contributed by atoms with Crippen LogP contribution in [0, 0.1) is 6.92 Å². The Kier molecular flexibility index (Phi) is 5.56. The molecular weight excluding hydrogens is 332 g/mol.